The predicted octanol–water partition coefficient (Wildman–Crippen LogP) is 3.11. The fourth-order valence-corrected chi connectivity index (χ4v) is 3.70. The summed E-state index contributed by atoms with van der Waals surface area (Å²) in [4.78, 5) is 38.0. The maximum Gasteiger partial charge on any atom is 0.290 e. The molecule has 0 aliphatic heterocycles. The Hall–Kier alpha value is -4.70. The molecule has 0 radical (unpaired) electrons. The van der Waals surface area contributed by atoms with E-state index in [1.54, 1.807) is 60.7 Å². The molecule has 0 saturated heterocycles. The molecular formula is C24H17ClN6O4. The molecule has 11 heteroatoms. The number of furan rings is 1. The van der Waals surface area contributed by atoms with E-state index >= 15 is 0 Å². The van der Waals surface area contributed by atoms with Crippen molar-refractivity contribution in [1.29, 1.82) is 0 Å². The smallest absolute Gasteiger partial charge is 0.290 e. The summed E-state index contributed by atoms with van der Waals surface area (Å²) in [5.74, 6) is -0.849. The fraction of sp³-hybridized carbons (Fsp3) is 0.0417. The van der Waals surface area contributed by atoms with Crippen molar-refractivity contribution in [3.63, 3.8) is 0 Å². The van der Waals surface area contributed by atoms with E-state index in [2.05, 4.69) is 21.0 Å². The van der Waals surface area contributed by atoms with Crippen molar-refractivity contribution in [1.82, 2.24) is 30.4 Å². The SMILES string of the molecule is Cn1nc(C(=O)NNC(=O)c2cc(-c3ccco3)n(-c3ccc(Cl)cc3)n2)c2ccccc2c1=O. The Labute approximate surface area is 202 Å². The minimum absolute atomic E-state index is 0.00836. The Morgan fingerprint density at radius 3 is 2.34 bits per heavy atom. The molecule has 0 atom stereocenters. The number of aryl methyl sites for hydroxylation is 1. The highest BCUT2D eigenvalue weighted by molar-refractivity contribution is 6.30. The van der Waals surface area contributed by atoms with E-state index in [9.17, 15) is 14.4 Å². The van der Waals surface area contributed by atoms with Crippen molar-refractivity contribution in [2.45, 2.75) is 0 Å². The van der Waals surface area contributed by atoms with Crippen LogP contribution in [0.4, 0.5) is 0 Å². The molecular weight excluding hydrogens is 472 g/mol. The molecule has 3 aromatic heterocycles. The third kappa shape index (κ3) is 4.18. The van der Waals surface area contributed by atoms with E-state index in [-0.39, 0.29) is 16.9 Å². The number of amides is 2. The number of hydrogen-bond donors (Lipinski definition) is 2. The second-order valence-corrected chi connectivity index (χ2v) is 7.95. The summed E-state index contributed by atoms with van der Waals surface area (Å²) in [7, 11) is 1.45. The van der Waals surface area contributed by atoms with Crippen molar-refractivity contribution in [3.05, 3.63) is 99.8 Å². The summed E-state index contributed by atoms with van der Waals surface area (Å²) in [6, 6.07) is 18.5. The molecule has 0 unspecified atom stereocenters. The first-order chi connectivity index (χ1) is 16.9. The number of halogens is 1. The lowest BCUT2D eigenvalue weighted by Crippen LogP contribution is -2.42. The second kappa shape index (κ2) is 8.92. The summed E-state index contributed by atoms with van der Waals surface area (Å²) in [5.41, 5.74) is 5.56. The number of carbonyl (C=O) groups is 2. The molecule has 5 rings (SSSR count). The zero-order valence-electron chi connectivity index (χ0n) is 18.2. The van der Waals surface area contributed by atoms with E-state index in [0.29, 0.717) is 32.9 Å². The number of hydrogen-bond acceptors (Lipinski definition) is 6. The van der Waals surface area contributed by atoms with E-state index in [0.717, 1.165) is 4.68 Å². The molecule has 2 amide bonds. The first-order valence-electron chi connectivity index (χ1n) is 10.4. The van der Waals surface area contributed by atoms with Crippen LogP contribution in [0.15, 0.2) is 82.2 Å². The van der Waals surface area contributed by atoms with Gasteiger partial charge in [-0.3, -0.25) is 25.2 Å². The molecule has 2 aromatic carbocycles. The molecule has 0 fully saturated rings. The quantitative estimate of drug-likeness (QED) is 0.375. The van der Waals surface area contributed by atoms with Crippen LogP contribution in [0, 0.1) is 0 Å². The van der Waals surface area contributed by atoms with Crippen molar-refractivity contribution in [2.24, 2.45) is 7.05 Å². The number of fused-ring (bicyclic) bond motifs is 1. The molecule has 35 heavy (non-hydrogen) atoms. The highest BCUT2D eigenvalue weighted by atomic mass is 35.5. The molecule has 174 valence electrons. The van der Waals surface area contributed by atoms with Gasteiger partial charge in [-0.1, -0.05) is 29.8 Å². The normalized spacial score (nSPS) is 10.9. The second-order valence-electron chi connectivity index (χ2n) is 7.51. The van der Waals surface area contributed by atoms with Gasteiger partial charge < -0.3 is 4.42 Å². The fourth-order valence-electron chi connectivity index (χ4n) is 3.58. The molecule has 5 aromatic rings. The number of rotatable bonds is 4. The van der Waals surface area contributed by atoms with Gasteiger partial charge in [0.05, 0.1) is 17.3 Å². The minimum atomic E-state index is -0.687. The highest BCUT2D eigenvalue weighted by Crippen LogP contribution is 2.25. The molecule has 3 heterocycles. The number of aromatic nitrogens is 4. The van der Waals surface area contributed by atoms with Crippen LogP contribution in [0.5, 0.6) is 0 Å². The maximum atomic E-state index is 12.9. The number of benzene rings is 2. The monoisotopic (exact) mass is 488 g/mol. The van der Waals surface area contributed by atoms with Crippen LogP contribution in [0.3, 0.4) is 0 Å². The third-order valence-corrected chi connectivity index (χ3v) is 5.50. The summed E-state index contributed by atoms with van der Waals surface area (Å²) in [5, 5.41) is 9.69. The molecule has 0 bridgehead atoms. The van der Waals surface area contributed by atoms with Crippen LogP contribution in [-0.4, -0.2) is 31.4 Å². The van der Waals surface area contributed by atoms with E-state index in [1.807, 2.05) is 0 Å². The summed E-state index contributed by atoms with van der Waals surface area (Å²) < 4.78 is 8.10. The van der Waals surface area contributed by atoms with Crippen LogP contribution in [0.2, 0.25) is 5.02 Å². The van der Waals surface area contributed by atoms with E-state index < -0.39 is 11.8 Å². The predicted molar refractivity (Wildman–Crippen MR) is 128 cm³/mol. The average molecular weight is 489 g/mol. The molecule has 0 saturated carbocycles. The summed E-state index contributed by atoms with van der Waals surface area (Å²) in [6.45, 7) is 0. The largest absolute Gasteiger partial charge is 0.463 e. The third-order valence-electron chi connectivity index (χ3n) is 5.25. The van der Waals surface area contributed by atoms with Gasteiger partial charge in [0.1, 0.15) is 5.69 Å². The first kappa shape index (κ1) is 22.1. The lowest BCUT2D eigenvalue weighted by molar-refractivity contribution is 0.0841. The van der Waals surface area contributed by atoms with Gasteiger partial charge in [0.25, 0.3) is 17.4 Å². The highest BCUT2D eigenvalue weighted by Gasteiger charge is 2.20. The lowest BCUT2D eigenvalue weighted by atomic mass is 10.1. The zero-order valence-corrected chi connectivity index (χ0v) is 19.0. The van der Waals surface area contributed by atoms with Crippen molar-refractivity contribution < 1.29 is 14.0 Å². The molecule has 10 nitrogen and oxygen atoms in total. The molecule has 0 aliphatic rings. The molecule has 0 aliphatic carbocycles. The van der Waals surface area contributed by atoms with E-state index in [1.165, 1.54) is 24.1 Å². The van der Waals surface area contributed by atoms with Crippen LogP contribution in [0.1, 0.15) is 21.0 Å². The minimum Gasteiger partial charge on any atom is -0.463 e. The Morgan fingerprint density at radius 1 is 0.914 bits per heavy atom. The van der Waals surface area contributed by atoms with Crippen molar-refractivity contribution >= 4 is 34.2 Å². The van der Waals surface area contributed by atoms with Crippen molar-refractivity contribution in [2.75, 3.05) is 0 Å². The van der Waals surface area contributed by atoms with Gasteiger partial charge in [-0.25, -0.2) is 9.36 Å². The number of nitrogens with zero attached hydrogens (tertiary/aromatic N) is 4. The van der Waals surface area contributed by atoms with Gasteiger partial charge in [-0.2, -0.15) is 10.2 Å². The van der Waals surface area contributed by atoms with Gasteiger partial charge in [0.15, 0.2) is 17.1 Å². The van der Waals surface area contributed by atoms with Gasteiger partial charge >= 0.3 is 0 Å². The Balaban J connectivity index is 1.42. The Kier molecular flexibility index (Phi) is 5.63. The Bertz CT molecular complexity index is 1620. The topological polar surface area (TPSA) is 124 Å². The zero-order chi connectivity index (χ0) is 24.5. The molecule has 0 spiro atoms. The summed E-state index contributed by atoms with van der Waals surface area (Å²) >= 11 is 5.99. The van der Waals surface area contributed by atoms with E-state index in [4.69, 9.17) is 16.0 Å². The van der Waals surface area contributed by atoms with Gasteiger partial charge in [0.2, 0.25) is 0 Å². The van der Waals surface area contributed by atoms with Gasteiger partial charge in [-0.05, 0) is 42.5 Å². The van der Waals surface area contributed by atoms with Crippen LogP contribution >= 0.6 is 11.6 Å². The van der Waals surface area contributed by atoms with Gasteiger partial charge in [0, 0.05) is 23.5 Å². The lowest BCUT2D eigenvalue weighted by Gasteiger charge is -2.09. The van der Waals surface area contributed by atoms with Crippen LogP contribution < -0.4 is 16.4 Å². The average Bonchev–Trinajstić information content (AvgIpc) is 3.55. The van der Waals surface area contributed by atoms with Crippen molar-refractivity contribution in [3.8, 4) is 17.1 Å². The summed E-state index contributed by atoms with van der Waals surface area (Å²) in [6.07, 6.45) is 1.51. The number of carbonyl (C=O) groups excluding carboxylic acids is 2. The number of nitrogens with one attached hydrogen (secondary N) is 2. The Morgan fingerprint density at radius 2 is 1.63 bits per heavy atom. The maximum absolute atomic E-state index is 12.9. The number of hydrazine groups is 1. The standard InChI is InChI=1S/C24H17ClN6O4/c1-30-24(34)17-6-3-2-5-16(17)21(29-30)23(33)27-26-22(32)18-13-19(20-7-4-12-35-20)31(28-18)15-10-8-14(25)9-11-15/h2-13H,1H3,(H,26,32)(H,27,33). The van der Waals surface area contributed by atoms with Crippen LogP contribution in [-0.2, 0) is 7.05 Å². The first-order valence-corrected chi connectivity index (χ1v) is 10.8. The van der Waals surface area contributed by atoms with Crippen LogP contribution in [0.25, 0.3) is 27.9 Å². The molecule has 2 N–H and O–H groups in total. The van der Waals surface area contributed by atoms with Gasteiger partial charge in [-0.15, -0.1) is 0 Å².